The van der Waals surface area contributed by atoms with Gasteiger partial charge in [-0.15, -0.1) is 0 Å². The highest BCUT2D eigenvalue weighted by Gasteiger charge is 2.23. The molecule has 3 rings (SSSR count). The van der Waals surface area contributed by atoms with Crippen LogP contribution in [-0.4, -0.2) is 61.1 Å². The second-order valence-electron chi connectivity index (χ2n) is 7.74. The van der Waals surface area contributed by atoms with Gasteiger partial charge in [0.2, 0.25) is 0 Å². The number of aromatic nitrogens is 1. The van der Waals surface area contributed by atoms with E-state index in [4.69, 9.17) is 4.74 Å². The summed E-state index contributed by atoms with van der Waals surface area (Å²) < 4.78 is 6.75. The summed E-state index contributed by atoms with van der Waals surface area (Å²) in [6.07, 6.45) is 0.307. The van der Waals surface area contributed by atoms with E-state index in [1.807, 2.05) is 24.5 Å². The number of ether oxygens (including phenoxy) is 1. The summed E-state index contributed by atoms with van der Waals surface area (Å²) in [6.45, 7) is 10.6. The minimum Gasteiger partial charge on any atom is -0.469 e. The smallest absolute Gasteiger partial charge is 0.307 e. The van der Waals surface area contributed by atoms with Crippen LogP contribution in [0.4, 0.5) is 5.69 Å². The number of carbonyl (C=O) groups excluding carboxylic acids is 2. The van der Waals surface area contributed by atoms with E-state index in [0.29, 0.717) is 19.5 Å². The minimum absolute atomic E-state index is 0.145. The lowest BCUT2D eigenvalue weighted by atomic mass is 10.1. The molecule has 1 aromatic carbocycles. The van der Waals surface area contributed by atoms with Crippen LogP contribution in [0, 0.1) is 20.8 Å². The summed E-state index contributed by atoms with van der Waals surface area (Å²) >= 11 is 0. The van der Waals surface area contributed by atoms with Gasteiger partial charge in [0.25, 0.3) is 0 Å². The van der Waals surface area contributed by atoms with Crippen molar-refractivity contribution >= 4 is 17.4 Å². The molecule has 2 heterocycles. The fraction of sp³-hybridized carbons (Fsp3) is 0.478. The van der Waals surface area contributed by atoms with Crippen molar-refractivity contribution < 1.29 is 14.3 Å². The number of anilines is 1. The predicted octanol–water partition coefficient (Wildman–Crippen LogP) is 2.98. The number of carbonyl (C=O) groups is 2. The molecule has 1 aromatic heterocycles. The van der Waals surface area contributed by atoms with Gasteiger partial charge in [-0.1, -0.05) is 18.2 Å². The first-order valence-corrected chi connectivity index (χ1v) is 10.2. The molecule has 0 saturated carbocycles. The second-order valence-corrected chi connectivity index (χ2v) is 7.74. The van der Waals surface area contributed by atoms with Gasteiger partial charge in [0.05, 0.1) is 20.1 Å². The number of esters is 1. The van der Waals surface area contributed by atoms with Gasteiger partial charge in [0.15, 0.2) is 5.78 Å². The molecule has 2 aromatic rings. The molecular weight excluding hydrogens is 366 g/mol. The molecule has 156 valence electrons. The summed E-state index contributed by atoms with van der Waals surface area (Å²) in [6, 6.07) is 10.4. The topological polar surface area (TPSA) is 54.8 Å². The summed E-state index contributed by atoms with van der Waals surface area (Å²) in [7, 11) is 1.39. The van der Waals surface area contributed by atoms with Gasteiger partial charge in [-0.25, -0.2) is 0 Å². The molecule has 1 aliphatic heterocycles. The van der Waals surface area contributed by atoms with Crippen LogP contribution < -0.4 is 4.90 Å². The molecule has 29 heavy (non-hydrogen) atoms. The van der Waals surface area contributed by atoms with Crippen LogP contribution in [0.1, 0.15) is 33.7 Å². The second kappa shape index (κ2) is 9.27. The number of hydrogen-bond donors (Lipinski definition) is 0. The molecule has 1 aliphatic rings. The van der Waals surface area contributed by atoms with Crippen molar-refractivity contribution in [2.45, 2.75) is 33.7 Å². The van der Waals surface area contributed by atoms with E-state index in [-0.39, 0.29) is 11.8 Å². The van der Waals surface area contributed by atoms with E-state index < -0.39 is 0 Å². The van der Waals surface area contributed by atoms with Crippen LogP contribution in [0.2, 0.25) is 0 Å². The van der Waals surface area contributed by atoms with Gasteiger partial charge in [0.1, 0.15) is 0 Å². The van der Waals surface area contributed by atoms with Crippen LogP contribution in [0.25, 0.3) is 0 Å². The summed E-state index contributed by atoms with van der Waals surface area (Å²) in [5.74, 6) is -0.0938. The Morgan fingerprint density at radius 1 is 1.03 bits per heavy atom. The molecule has 0 bridgehead atoms. The molecular formula is C23H31N3O3. The molecule has 0 amide bonds. The molecule has 1 saturated heterocycles. The lowest BCUT2D eigenvalue weighted by molar-refractivity contribution is -0.140. The van der Waals surface area contributed by atoms with Gasteiger partial charge < -0.3 is 14.2 Å². The quantitative estimate of drug-likeness (QED) is 0.531. The van der Waals surface area contributed by atoms with Crippen LogP contribution in [-0.2, 0) is 16.1 Å². The van der Waals surface area contributed by atoms with Gasteiger partial charge in [-0.2, -0.15) is 0 Å². The number of hydrogen-bond acceptors (Lipinski definition) is 5. The average Bonchev–Trinajstić information content (AvgIpc) is 3.01. The summed E-state index contributed by atoms with van der Waals surface area (Å²) in [4.78, 5) is 29.0. The Bertz CT molecular complexity index is 879. The van der Waals surface area contributed by atoms with Crippen LogP contribution in [0.5, 0.6) is 0 Å². The Morgan fingerprint density at radius 2 is 1.72 bits per heavy atom. The SMILES string of the molecule is COC(=O)CCn1c(C)cc(C(=O)CN2CCN(c3ccccc3C)CC2)c1C. The molecule has 1 fully saturated rings. The monoisotopic (exact) mass is 397 g/mol. The third-order valence-electron chi connectivity index (χ3n) is 5.84. The van der Waals surface area contributed by atoms with Crippen molar-refractivity contribution in [2.75, 3.05) is 44.7 Å². The van der Waals surface area contributed by atoms with Crippen molar-refractivity contribution in [1.82, 2.24) is 9.47 Å². The average molecular weight is 398 g/mol. The molecule has 0 spiro atoms. The van der Waals surface area contributed by atoms with Crippen molar-refractivity contribution in [2.24, 2.45) is 0 Å². The lowest BCUT2D eigenvalue weighted by Crippen LogP contribution is -2.48. The molecule has 0 unspecified atom stereocenters. The van der Waals surface area contributed by atoms with Gasteiger partial charge in [0, 0.05) is 55.4 Å². The molecule has 0 atom stereocenters. The fourth-order valence-corrected chi connectivity index (χ4v) is 4.09. The minimum atomic E-state index is -0.239. The van der Waals surface area contributed by atoms with E-state index in [9.17, 15) is 9.59 Å². The number of aryl methyl sites for hydroxylation is 2. The molecule has 0 aliphatic carbocycles. The van der Waals surface area contributed by atoms with Gasteiger partial charge in [-0.05, 0) is 38.5 Å². The standard InChI is InChI=1S/C23H31N3O3/c1-17-7-5-6-8-21(17)25-13-11-24(12-14-25)16-22(27)20-15-18(2)26(19(20)3)10-9-23(28)29-4/h5-8,15H,9-14,16H2,1-4H3. The number of para-hydroxylation sites is 1. The Labute approximate surface area is 173 Å². The summed E-state index contributed by atoms with van der Waals surface area (Å²) in [5, 5.41) is 0. The maximum absolute atomic E-state index is 12.9. The number of benzene rings is 1. The van der Waals surface area contributed by atoms with Gasteiger partial charge >= 0.3 is 5.97 Å². The number of rotatable bonds is 7. The number of piperazine rings is 1. The molecule has 0 N–H and O–H groups in total. The maximum Gasteiger partial charge on any atom is 0.307 e. The zero-order valence-corrected chi connectivity index (χ0v) is 17.9. The zero-order valence-electron chi connectivity index (χ0n) is 17.9. The van der Waals surface area contributed by atoms with E-state index >= 15 is 0 Å². The van der Waals surface area contributed by atoms with Crippen molar-refractivity contribution in [3.63, 3.8) is 0 Å². The highest BCUT2D eigenvalue weighted by atomic mass is 16.5. The third-order valence-corrected chi connectivity index (χ3v) is 5.84. The first kappa shape index (κ1) is 21.1. The number of ketones is 1. The largest absolute Gasteiger partial charge is 0.469 e. The highest BCUT2D eigenvalue weighted by Crippen LogP contribution is 2.21. The predicted molar refractivity (Wildman–Crippen MR) is 115 cm³/mol. The molecule has 0 radical (unpaired) electrons. The van der Waals surface area contributed by atoms with E-state index in [1.165, 1.54) is 18.4 Å². The first-order valence-electron chi connectivity index (χ1n) is 10.2. The molecule has 6 heteroatoms. The lowest BCUT2D eigenvalue weighted by Gasteiger charge is -2.36. The third kappa shape index (κ3) is 4.88. The number of methoxy groups -OCH3 is 1. The van der Waals surface area contributed by atoms with Crippen LogP contribution >= 0.6 is 0 Å². The summed E-state index contributed by atoms with van der Waals surface area (Å²) in [5.41, 5.74) is 5.26. The van der Waals surface area contributed by atoms with E-state index in [0.717, 1.165) is 43.1 Å². The Morgan fingerprint density at radius 3 is 2.38 bits per heavy atom. The van der Waals surface area contributed by atoms with E-state index in [1.54, 1.807) is 0 Å². The Hall–Kier alpha value is -2.60. The van der Waals surface area contributed by atoms with Crippen LogP contribution in [0.3, 0.4) is 0 Å². The number of Topliss-reactive ketones (excluding diaryl/α,β-unsaturated/α-hetero) is 1. The maximum atomic E-state index is 12.9. The van der Waals surface area contributed by atoms with Crippen LogP contribution in [0.15, 0.2) is 30.3 Å². The Kier molecular flexibility index (Phi) is 6.75. The zero-order chi connectivity index (χ0) is 21.0. The van der Waals surface area contributed by atoms with E-state index in [2.05, 4.69) is 41.0 Å². The van der Waals surface area contributed by atoms with Crippen molar-refractivity contribution in [3.05, 3.63) is 52.8 Å². The normalized spacial score (nSPS) is 14.8. The van der Waals surface area contributed by atoms with Gasteiger partial charge in [-0.3, -0.25) is 14.5 Å². The fourth-order valence-electron chi connectivity index (χ4n) is 4.09. The number of nitrogens with zero attached hydrogens (tertiary/aromatic N) is 3. The molecule has 6 nitrogen and oxygen atoms in total. The first-order chi connectivity index (χ1) is 13.9. The highest BCUT2D eigenvalue weighted by molar-refractivity contribution is 5.99. The Balaban J connectivity index is 1.59. The van der Waals surface area contributed by atoms with Crippen molar-refractivity contribution in [3.8, 4) is 0 Å². The van der Waals surface area contributed by atoms with Crippen molar-refractivity contribution in [1.29, 1.82) is 0 Å².